The van der Waals surface area contributed by atoms with Gasteiger partial charge in [0.05, 0.1) is 0 Å². The van der Waals surface area contributed by atoms with Crippen LogP contribution in [-0.2, 0) is 10.2 Å². The standard InChI is InChI=1S/C13H14O/c1-11(14)7-8-13(9-10-13)12-5-3-2-4-6-12/h2-8H,9-10H2,1H3/b8-7+. The molecule has 1 heteroatoms. The molecule has 1 saturated carbocycles. The molecule has 0 bridgehead atoms. The topological polar surface area (TPSA) is 17.1 Å². The molecule has 0 heterocycles. The first-order chi connectivity index (χ1) is 6.73. The first kappa shape index (κ1) is 9.20. The summed E-state index contributed by atoms with van der Waals surface area (Å²) in [5.74, 6) is 0.132. The molecule has 2 rings (SSSR count). The molecule has 1 aromatic carbocycles. The molecule has 0 atom stereocenters. The largest absolute Gasteiger partial charge is 0.295 e. The average Bonchev–Trinajstić information content (AvgIpc) is 2.97. The highest BCUT2D eigenvalue weighted by Gasteiger charge is 2.41. The second kappa shape index (κ2) is 3.41. The van der Waals surface area contributed by atoms with Crippen LogP contribution >= 0.6 is 0 Å². The van der Waals surface area contributed by atoms with Crippen molar-refractivity contribution in [3.8, 4) is 0 Å². The van der Waals surface area contributed by atoms with E-state index < -0.39 is 0 Å². The van der Waals surface area contributed by atoms with Crippen molar-refractivity contribution in [2.45, 2.75) is 25.2 Å². The molecule has 1 aliphatic carbocycles. The van der Waals surface area contributed by atoms with E-state index in [0.29, 0.717) is 0 Å². The second-order valence-electron chi connectivity index (χ2n) is 3.97. The van der Waals surface area contributed by atoms with Crippen molar-refractivity contribution in [3.63, 3.8) is 0 Å². The van der Waals surface area contributed by atoms with Gasteiger partial charge in [0.25, 0.3) is 0 Å². The molecule has 0 aromatic heterocycles. The predicted octanol–water partition coefficient (Wildman–Crippen LogP) is 2.86. The Morgan fingerprint density at radius 2 is 1.93 bits per heavy atom. The van der Waals surface area contributed by atoms with Gasteiger partial charge in [-0.25, -0.2) is 0 Å². The molecule has 1 fully saturated rings. The summed E-state index contributed by atoms with van der Waals surface area (Å²) in [6.45, 7) is 1.59. The van der Waals surface area contributed by atoms with Crippen molar-refractivity contribution in [1.29, 1.82) is 0 Å². The van der Waals surface area contributed by atoms with Gasteiger partial charge in [-0.05, 0) is 31.4 Å². The SMILES string of the molecule is CC(=O)/C=C/C1(c2ccccc2)CC1. The quantitative estimate of drug-likeness (QED) is 0.663. The highest BCUT2D eigenvalue weighted by atomic mass is 16.1. The summed E-state index contributed by atoms with van der Waals surface area (Å²) in [6, 6.07) is 10.4. The lowest BCUT2D eigenvalue weighted by Gasteiger charge is -2.09. The van der Waals surface area contributed by atoms with Crippen molar-refractivity contribution in [1.82, 2.24) is 0 Å². The molecule has 14 heavy (non-hydrogen) atoms. The number of hydrogen-bond acceptors (Lipinski definition) is 1. The molecule has 0 aliphatic heterocycles. The zero-order valence-corrected chi connectivity index (χ0v) is 8.36. The van der Waals surface area contributed by atoms with E-state index in [-0.39, 0.29) is 11.2 Å². The lowest BCUT2D eigenvalue weighted by molar-refractivity contribution is -0.112. The Balaban J connectivity index is 2.22. The number of rotatable bonds is 3. The molecular weight excluding hydrogens is 172 g/mol. The minimum atomic E-state index is 0.132. The van der Waals surface area contributed by atoms with Crippen molar-refractivity contribution < 1.29 is 4.79 Å². The predicted molar refractivity (Wildman–Crippen MR) is 57.2 cm³/mol. The summed E-state index contributed by atoms with van der Waals surface area (Å²) < 4.78 is 0. The van der Waals surface area contributed by atoms with Gasteiger partial charge in [0, 0.05) is 5.41 Å². The van der Waals surface area contributed by atoms with E-state index in [0.717, 1.165) is 0 Å². The molecule has 0 spiro atoms. The number of ketones is 1. The van der Waals surface area contributed by atoms with Crippen LogP contribution in [0.15, 0.2) is 42.5 Å². The molecule has 1 aromatic rings. The van der Waals surface area contributed by atoms with Gasteiger partial charge in [0.1, 0.15) is 0 Å². The van der Waals surface area contributed by atoms with Gasteiger partial charge in [-0.1, -0.05) is 36.4 Å². The van der Waals surface area contributed by atoms with E-state index >= 15 is 0 Å². The van der Waals surface area contributed by atoms with Gasteiger partial charge < -0.3 is 0 Å². The molecular formula is C13H14O. The van der Waals surface area contributed by atoms with E-state index in [4.69, 9.17) is 0 Å². The highest BCUT2D eigenvalue weighted by Crippen LogP contribution is 2.49. The minimum absolute atomic E-state index is 0.132. The van der Waals surface area contributed by atoms with E-state index in [1.54, 1.807) is 13.0 Å². The Kier molecular flexibility index (Phi) is 2.24. The molecule has 0 radical (unpaired) electrons. The van der Waals surface area contributed by atoms with Crippen LogP contribution in [0.1, 0.15) is 25.3 Å². The second-order valence-corrected chi connectivity index (χ2v) is 3.97. The van der Waals surface area contributed by atoms with Gasteiger partial charge in [0.2, 0.25) is 0 Å². The Labute approximate surface area is 84.5 Å². The number of carbonyl (C=O) groups is 1. The maximum absolute atomic E-state index is 10.9. The van der Waals surface area contributed by atoms with Gasteiger partial charge in [-0.15, -0.1) is 0 Å². The van der Waals surface area contributed by atoms with Crippen LogP contribution < -0.4 is 0 Å². The summed E-state index contributed by atoms with van der Waals surface area (Å²) >= 11 is 0. The Morgan fingerprint density at radius 3 is 2.43 bits per heavy atom. The molecule has 0 N–H and O–H groups in total. The summed E-state index contributed by atoms with van der Waals surface area (Å²) in [6.07, 6.45) is 6.09. The molecule has 0 amide bonds. The van der Waals surface area contributed by atoms with E-state index in [9.17, 15) is 4.79 Å². The van der Waals surface area contributed by atoms with Gasteiger partial charge in [-0.3, -0.25) is 4.79 Å². The molecule has 0 unspecified atom stereocenters. The van der Waals surface area contributed by atoms with Crippen molar-refractivity contribution in [3.05, 3.63) is 48.0 Å². The highest BCUT2D eigenvalue weighted by molar-refractivity contribution is 5.87. The monoisotopic (exact) mass is 186 g/mol. The molecule has 1 nitrogen and oxygen atoms in total. The van der Waals surface area contributed by atoms with Crippen LogP contribution in [0.4, 0.5) is 0 Å². The first-order valence-corrected chi connectivity index (χ1v) is 4.98. The zero-order valence-electron chi connectivity index (χ0n) is 8.36. The van der Waals surface area contributed by atoms with Gasteiger partial charge in [-0.2, -0.15) is 0 Å². The van der Waals surface area contributed by atoms with E-state index in [1.807, 2.05) is 6.07 Å². The lowest BCUT2D eigenvalue weighted by atomic mass is 9.95. The van der Waals surface area contributed by atoms with Gasteiger partial charge in [0.15, 0.2) is 5.78 Å². The normalized spacial score (nSPS) is 18.4. The lowest BCUT2D eigenvalue weighted by Crippen LogP contribution is -2.02. The average molecular weight is 186 g/mol. The summed E-state index contributed by atoms with van der Waals surface area (Å²) in [4.78, 5) is 10.9. The van der Waals surface area contributed by atoms with Crippen LogP contribution in [0.2, 0.25) is 0 Å². The third-order valence-electron chi connectivity index (χ3n) is 2.77. The molecule has 0 saturated heterocycles. The number of allylic oxidation sites excluding steroid dienone is 2. The number of benzene rings is 1. The minimum Gasteiger partial charge on any atom is -0.295 e. The Hall–Kier alpha value is -1.37. The maximum atomic E-state index is 10.9. The fourth-order valence-corrected chi connectivity index (χ4v) is 1.73. The van der Waals surface area contributed by atoms with Crippen LogP contribution in [0.25, 0.3) is 0 Å². The maximum Gasteiger partial charge on any atom is 0.152 e. The Morgan fingerprint density at radius 1 is 1.29 bits per heavy atom. The van der Waals surface area contributed by atoms with Crippen LogP contribution in [-0.4, -0.2) is 5.78 Å². The summed E-state index contributed by atoms with van der Waals surface area (Å²) in [5, 5.41) is 0. The fraction of sp³-hybridized carbons (Fsp3) is 0.308. The fourth-order valence-electron chi connectivity index (χ4n) is 1.73. The molecule has 72 valence electrons. The Bertz CT molecular complexity index is 358. The van der Waals surface area contributed by atoms with Crippen molar-refractivity contribution in [2.75, 3.05) is 0 Å². The third kappa shape index (κ3) is 1.77. The van der Waals surface area contributed by atoms with E-state index in [2.05, 4.69) is 30.3 Å². The van der Waals surface area contributed by atoms with Crippen LogP contribution in [0.5, 0.6) is 0 Å². The van der Waals surface area contributed by atoms with Gasteiger partial charge >= 0.3 is 0 Å². The van der Waals surface area contributed by atoms with Crippen LogP contribution in [0, 0.1) is 0 Å². The van der Waals surface area contributed by atoms with Crippen molar-refractivity contribution in [2.24, 2.45) is 0 Å². The summed E-state index contributed by atoms with van der Waals surface area (Å²) in [7, 11) is 0. The number of hydrogen-bond donors (Lipinski definition) is 0. The zero-order chi connectivity index (χ0) is 10.0. The van der Waals surface area contributed by atoms with E-state index in [1.165, 1.54) is 18.4 Å². The number of carbonyl (C=O) groups excluding carboxylic acids is 1. The summed E-state index contributed by atoms with van der Waals surface area (Å²) in [5.41, 5.74) is 1.50. The third-order valence-corrected chi connectivity index (χ3v) is 2.77. The smallest absolute Gasteiger partial charge is 0.152 e. The first-order valence-electron chi connectivity index (χ1n) is 4.98. The van der Waals surface area contributed by atoms with Crippen molar-refractivity contribution >= 4 is 5.78 Å². The van der Waals surface area contributed by atoms with Crippen LogP contribution in [0.3, 0.4) is 0 Å². The molecule has 1 aliphatic rings.